The minimum Gasteiger partial charge on any atom is -0.423 e. The van der Waals surface area contributed by atoms with Gasteiger partial charge in [-0.2, -0.15) is 0 Å². The molecule has 0 aliphatic heterocycles. The molecule has 3 aliphatic carbocycles. The molecule has 16 heavy (non-hydrogen) atoms. The lowest BCUT2D eigenvalue weighted by atomic mass is 9.44. The highest BCUT2D eigenvalue weighted by atomic mass is 16.5. The van der Waals surface area contributed by atoms with Gasteiger partial charge in [0.2, 0.25) is 0 Å². The van der Waals surface area contributed by atoms with Crippen LogP contribution in [0, 0.1) is 17.3 Å². The van der Waals surface area contributed by atoms with Crippen molar-refractivity contribution in [2.45, 2.75) is 38.7 Å². The fourth-order valence-electron chi connectivity index (χ4n) is 3.65. The lowest BCUT2D eigenvalue weighted by molar-refractivity contribution is -0.208. The third-order valence-electron chi connectivity index (χ3n) is 4.85. The molecule has 2 N–H and O–H groups in total. The van der Waals surface area contributed by atoms with Gasteiger partial charge < -0.3 is 14.8 Å². The first-order valence-electron chi connectivity index (χ1n) is 6.05. The molecule has 3 saturated carbocycles. The van der Waals surface area contributed by atoms with Crippen molar-refractivity contribution in [2.24, 2.45) is 17.3 Å². The van der Waals surface area contributed by atoms with E-state index in [-0.39, 0.29) is 12.0 Å². The number of hydrogen-bond acceptors (Lipinski definition) is 3. The van der Waals surface area contributed by atoms with Crippen LogP contribution in [0.5, 0.6) is 0 Å². The Bertz CT molecular complexity index is 290. The van der Waals surface area contributed by atoms with E-state index in [1.807, 2.05) is 0 Å². The summed E-state index contributed by atoms with van der Waals surface area (Å²) in [6.07, 6.45) is 3.03. The summed E-state index contributed by atoms with van der Waals surface area (Å²) in [5.74, 6) is 2.47. The fraction of sp³-hybridized carbons (Fsp3) is 0.833. The third-order valence-corrected chi connectivity index (χ3v) is 4.85. The zero-order valence-corrected chi connectivity index (χ0v) is 10.1. The monoisotopic (exact) mass is 224 g/mol. The maximum absolute atomic E-state index is 9.64. The first-order valence-corrected chi connectivity index (χ1v) is 6.05. The summed E-state index contributed by atoms with van der Waals surface area (Å²) in [6, 6.07) is 0. The maximum atomic E-state index is 9.64. The van der Waals surface area contributed by atoms with Crippen LogP contribution in [0.4, 0.5) is 0 Å². The zero-order chi connectivity index (χ0) is 12.0. The predicted molar refractivity (Wildman–Crippen MR) is 63.7 cm³/mol. The second kappa shape index (κ2) is 3.86. The van der Waals surface area contributed by atoms with Gasteiger partial charge in [-0.3, -0.25) is 0 Å². The van der Waals surface area contributed by atoms with Crippen LogP contribution in [0.25, 0.3) is 0 Å². The molecule has 3 aliphatic rings. The van der Waals surface area contributed by atoms with Crippen LogP contribution < -0.4 is 0 Å². The van der Waals surface area contributed by atoms with Crippen molar-refractivity contribution in [1.82, 2.24) is 0 Å². The van der Waals surface area contributed by atoms with Crippen molar-refractivity contribution >= 4 is 7.12 Å². The molecule has 0 aromatic heterocycles. The van der Waals surface area contributed by atoms with Gasteiger partial charge in [0.05, 0.1) is 12.2 Å². The van der Waals surface area contributed by atoms with E-state index in [0.717, 1.165) is 25.2 Å². The average Bonchev–Trinajstić information content (AvgIpc) is 2.28. The summed E-state index contributed by atoms with van der Waals surface area (Å²) < 4.78 is 5.65. The molecule has 90 valence electrons. The highest BCUT2D eigenvalue weighted by Gasteiger charge is 2.61. The van der Waals surface area contributed by atoms with Gasteiger partial charge in [-0.15, -0.1) is 6.58 Å². The molecule has 3 atom stereocenters. The largest absolute Gasteiger partial charge is 0.483 e. The van der Waals surface area contributed by atoms with Gasteiger partial charge in [-0.05, 0) is 36.5 Å². The van der Waals surface area contributed by atoms with Crippen LogP contribution in [-0.4, -0.2) is 29.5 Å². The summed E-state index contributed by atoms with van der Waals surface area (Å²) in [4.78, 5) is 0. The van der Waals surface area contributed by atoms with Crippen LogP contribution in [-0.2, 0) is 4.65 Å². The Kier molecular flexibility index (Phi) is 2.93. The fourth-order valence-corrected chi connectivity index (χ4v) is 3.65. The van der Waals surface area contributed by atoms with E-state index < -0.39 is 12.7 Å². The van der Waals surface area contributed by atoms with Gasteiger partial charge in [0.1, 0.15) is 0 Å². The molecule has 0 radical (unpaired) electrons. The van der Waals surface area contributed by atoms with E-state index >= 15 is 0 Å². The molecule has 0 heterocycles. The SMILES string of the molecule is C=CB(O)O[C@@]1(CO)CC[C@H]2C[C@H]1C2(C)C. The van der Waals surface area contributed by atoms with Crippen LogP contribution in [0.2, 0.25) is 0 Å². The average molecular weight is 224 g/mol. The highest BCUT2D eigenvalue weighted by Crippen LogP contribution is 2.63. The Hall–Kier alpha value is -0.315. The Balaban J connectivity index is 2.17. The number of aliphatic hydroxyl groups is 1. The lowest BCUT2D eigenvalue weighted by Gasteiger charge is -2.64. The third kappa shape index (κ3) is 1.55. The van der Waals surface area contributed by atoms with E-state index in [9.17, 15) is 10.1 Å². The van der Waals surface area contributed by atoms with E-state index in [2.05, 4.69) is 20.4 Å². The Labute approximate surface area is 97.6 Å². The molecular weight excluding hydrogens is 203 g/mol. The van der Waals surface area contributed by atoms with Crippen molar-refractivity contribution in [3.05, 3.63) is 12.6 Å². The number of aliphatic hydroxyl groups excluding tert-OH is 1. The van der Waals surface area contributed by atoms with Crippen molar-refractivity contribution in [3.63, 3.8) is 0 Å². The molecule has 0 aromatic carbocycles. The predicted octanol–water partition coefficient (Wildman–Crippen LogP) is 1.40. The first-order chi connectivity index (χ1) is 7.46. The van der Waals surface area contributed by atoms with E-state index in [4.69, 9.17) is 4.65 Å². The molecule has 3 fully saturated rings. The summed E-state index contributed by atoms with van der Waals surface area (Å²) >= 11 is 0. The van der Waals surface area contributed by atoms with Gasteiger partial charge >= 0.3 is 7.12 Å². The second-order valence-electron chi connectivity index (χ2n) is 5.81. The molecule has 0 aromatic rings. The molecule has 0 unspecified atom stereocenters. The van der Waals surface area contributed by atoms with Gasteiger partial charge in [-0.25, -0.2) is 0 Å². The smallest absolute Gasteiger partial charge is 0.423 e. The summed E-state index contributed by atoms with van der Waals surface area (Å²) in [7, 11) is -0.972. The van der Waals surface area contributed by atoms with Crippen molar-refractivity contribution in [2.75, 3.05) is 6.61 Å². The van der Waals surface area contributed by atoms with Crippen LogP contribution in [0.15, 0.2) is 12.6 Å². The molecule has 0 amide bonds. The van der Waals surface area contributed by atoms with Crippen LogP contribution in [0.1, 0.15) is 33.1 Å². The molecule has 0 spiro atoms. The van der Waals surface area contributed by atoms with Crippen LogP contribution in [0.3, 0.4) is 0 Å². The molecule has 3 nitrogen and oxygen atoms in total. The number of hydrogen-bond donors (Lipinski definition) is 2. The van der Waals surface area contributed by atoms with Crippen molar-refractivity contribution in [3.8, 4) is 0 Å². The lowest BCUT2D eigenvalue weighted by Crippen LogP contribution is -2.65. The first kappa shape index (κ1) is 12.2. The zero-order valence-electron chi connectivity index (χ0n) is 10.1. The van der Waals surface area contributed by atoms with Gasteiger partial charge in [0.25, 0.3) is 0 Å². The van der Waals surface area contributed by atoms with E-state index in [0.29, 0.717) is 5.92 Å². The van der Waals surface area contributed by atoms with Crippen LogP contribution >= 0.6 is 0 Å². The normalized spacial score (nSPS) is 40.0. The Morgan fingerprint density at radius 1 is 1.56 bits per heavy atom. The van der Waals surface area contributed by atoms with E-state index in [1.54, 1.807) is 0 Å². The molecule has 0 saturated heterocycles. The summed E-state index contributed by atoms with van der Waals surface area (Å²) in [5, 5.41) is 19.2. The molecular formula is C12H21BO3. The minimum atomic E-state index is -0.972. The Morgan fingerprint density at radius 2 is 2.25 bits per heavy atom. The van der Waals surface area contributed by atoms with Crippen molar-refractivity contribution < 1.29 is 14.8 Å². The van der Waals surface area contributed by atoms with E-state index in [1.165, 1.54) is 5.98 Å². The number of fused-ring (bicyclic) bond motifs is 2. The standard InChI is InChI=1S/C12H21BO3/c1-4-13(15)16-12(8-14)6-5-9-7-10(12)11(9,2)3/h4,9-10,14-15H,1,5-8H2,2-3H3/t9-,10-,12+/m0/s1. The molecule has 2 bridgehead atoms. The topological polar surface area (TPSA) is 49.7 Å². The highest BCUT2D eigenvalue weighted by molar-refractivity contribution is 6.49. The van der Waals surface area contributed by atoms with Gasteiger partial charge in [0, 0.05) is 0 Å². The van der Waals surface area contributed by atoms with Gasteiger partial charge in [-0.1, -0.05) is 19.8 Å². The maximum Gasteiger partial charge on any atom is 0.483 e. The van der Waals surface area contributed by atoms with Crippen molar-refractivity contribution in [1.29, 1.82) is 0 Å². The molecule has 4 heteroatoms. The molecule has 3 rings (SSSR count). The minimum absolute atomic E-state index is 0.0152. The summed E-state index contributed by atoms with van der Waals surface area (Å²) in [5.41, 5.74) is -0.340. The Morgan fingerprint density at radius 3 is 2.69 bits per heavy atom. The quantitative estimate of drug-likeness (QED) is 0.709. The second-order valence-corrected chi connectivity index (χ2v) is 5.81. The number of rotatable bonds is 4. The van der Waals surface area contributed by atoms with Gasteiger partial charge in [0.15, 0.2) is 0 Å². The summed E-state index contributed by atoms with van der Waals surface area (Å²) in [6.45, 7) is 7.96.